The Morgan fingerprint density at radius 1 is 1.08 bits per heavy atom. The molecular weight excluding hydrogens is 454 g/mol. The number of aryl methyl sites for hydroxylation is 2. The number of benzene rings is 2. The highest BCUT2D eigenvalue weighted by atomic mass is 16.5. The van der Waals surface area contributed by atoms with E-state index in [1.807, 2.05) is 85.3 Å². The Balaban J connectivity index is 1.67. The molecule has 0 bridgehead atoms. The number of nitrogens with zero attached hydrogens (tertiary/aromatic N) is 3. The van der Waals surface area contributed by atoms with Crippen LogP contribution in [0.5, 0.6) is 11.6 Å². The molecule has 0 aliphatic carbocycles. The Bertz CT molecular complexity index is 1280. The molecule has 1 atom stereocenters. The number of ether oxygens (including phenoxy) is 2. The maximum atomic E-state index is 10.6. The number of hydrogen-bond donors (Lipinski definition) is 1. The second-order valence-corrected chi connectivity index (χ2v) is 8.66. The summed E-state index contributed by atoms with van der Waals surface area (Å²) in [6.07, 6.45) is 6.18. The lowest BCUT2D eigenvalue weighted by Crippen LogP contribution is -2.34. The lowest BCUT2D eigenvalue weighted by atomic mass is 10.2. The summed E-state index contributed by atoms with van der Waals surface area (Å²) in [7, 11) is 0. The highest BCUT2D eigenvalue weighted by Gasteiger charge is 2.23. The molecule has 2 aromatic carbocycles. The summed E-state index contributed by atoms with van der Waals surface area (Å²) in [4.78, 5) is 2.09. The minimum atomic E-state index is -0.723. The quantitative estimate of drug-likeness (QED) is 0.228. The molecular formula is C29H31N3O4. The molecule has 0 amide bonds. The first-order chi connectivity index (χ1) is 17.5. The summed E-state index contributed by atoms with van der Waals surface area (Å²) in [6.45, 7) is 5.63. The number of rotatable bonds is 12. The lowest BCUT2D eigenvalue weighted by Gasteiger charge is -2.24. The van der Waals surface area contributed by atoms with Crippen LogP contribution in [-0.2, 0) is 17.8 Å². The molecule has 4 aromatic rings. The van der Waals surface area contributed by atoms with Crippen LogP contribution in [0.1, 0.15) is 22.6 Å². The van der Waals surface area contributed by atoms with E-state index in [1.165, 1.54) is 0 Å². The Morgan fingerprint density at radius 3 is 2.64 bits per heavy atom. The van der Waals surface area contributed by atoms with Crippen molar-refractivity contribution in [2.75, 3.05) is 19.8 Å². The van der Waals surface area contributed by atoms with Gasteiger partial charge in [0.25, 0.3) is 0 Å². The van der Waals surface area contributed by atoms with Crippen LogP contribution in [0, 0.1) is 26.2 Å². The molecule has 186 valence electrons. The first-order valence-corrected chi connectivity index (χ1v) is 11.9. The van der Waals surface area contributed by atoms with E-state index >= 15 is 0 Å². The molecule has 7 nitrogen and oxygen atoms in total. The van der Waals surface area contributed by atoms with E-state index in [0.29, 0.717) is 25.5 Å². The molecule has 36 heavy (non-hydrogen) atoms. The fourth-order valence-corrected chi connectivity index (χ4v) is 4.00. The molecule has 0 spiro atoms. The van der Waals surface area contributed by atoms with E-state index in [0.717, 1.165) is 34.0 Å². The Labute approximate surface area is 211 Å². The molecule has 0 radical (unpaired) electrons. The average molecular weight is 486 g/mol. The Hall–Kier alpha value is -3.83. The van der Waals surface area contributed by atoms with Crippen LogP contribution < -0.4 is 4.74 Å². The van der Waals surface area contributed by atoms with Crippen molar-refractivity contribution >= 4 is 0 Å². The van der Waals surface area contributed by atoms with E-state index in [2.05, 4.69) is 10.8 Å². The van der Waals surface area contributed by atoms with Gasteiger partial charge in [-0.1, -0.05) is 36.3 Å². The number of para-hydroxylation sites is 1. The van der Waals surface area contributed by atoms with Gasteiger partial charge in [-0.25, -0.2) is 4.68 Å². The summed E-state index contributed by atoms with van der Waals surface area (Å²) in [5.41, 5.74) is 3.76. The van der Waals surface area contributed by atoms with Crippen LogP contribution in [0.4, 0.5) is 0 Å². The van der Waals surface area contributed by atoms with Gasteiger partial charge in [0.1, 0.15) is 18.1 Å². The largest absolute Gasteiger partial charge is 0.468 e. The number of aliphatic hydroxyl groups is 1. The molecule has 0 saturated heterocycles. The SMILES string of the molecule is C#CCOC[C@@H](O)CN(Cc1ccco1)Cc1c(C)nn(-c2ccccc2)c1Oc1cccc(C)c1. The fourth-order valence-electron chi connectivity index (χ4n) is 4.00. The molecule has 0 aliphatic rings. The van der Waals surface area contributed by atoms with Gasteiger partial charge in [-0.15, -0.1) is 6.42 Å². The van der Waals surface area contributed by atoms with Crippen molar-refractivity contribution in [2.24, 2.45) is 0 Å². The molecule has 4 rings (SSSR count). The van der Waals surface area contributed by atoms with Crippen LogP contribution in [0.2, 0.25) is 0 Å². The van der Waals surface area contributed by atoms with Crippen molar-refractivity contribution in [3.8, 4) is 29.7 Å². The third-order valence-corrected chi connectivity index (χ3v) is 5.65. The van der Waals surface area contributed by atoms with Gasteiger partial charge in [-0.3, -0.25) is 4.90 Å². The normalized spacial score (nSPS) is 12.0. The van der Waals surface area contributed by atoms with Gasteiger partial charge < -0.3 is 19.0 Å². The van der Waals surface area contributed by atoms with Crippen molar-refractivity contribution in [2.45, 2.75) is 33.0 Å². The van der Waals surface area contributed by atoms with Gasteiger partial charge in [0.15, 0.2) is 0 Å². The Kier molecular flexibility index (Phi) is 8.58. The summed E-state index contributed by atoms with van der Waals surface area (Å²) < 4.78 is 19.2. The second kappa shape index (κ2) is 12.2. The first-order valence-electron chi connectivity index (χ1n) is 11.9. The zero-order valence-electron chi connectivity index (χ0n) is 20.6. The van der Waals surface area contributed by atoms with E-state index < -0.39 is 6.10 Å². The zero-order valence-corrected chi connectivity index (χ0v) is 20.6. The molecule has 7 heteroatoms. The number of aromatic nitrogens is 2. The molecule has 2 aromatic heterocycles. The van der Waals surface area contributed by atoms with Crippen molar-refractivity contribution < 1.29 is 19.0 Å². The monoisotopic (exact) mass is 485 g/mol. The predicted octanol–water partition coefficient (Wildman–Crippen LogP) is 4.89. The molecule has 0 fully saturated rings. The number of aliphatic hydroxyl groups excluding tert-OH is 1. The zero-order chi connectivity index (χ0) is 25.3. The highest BCUT2D eigenvalue weighted by molar-refractivity contribution is 5.43. The van der Waals surface area contributed by atoms with Gasteiger partial charge in [-0.05, 0) is 55.8 Å². The summed E-state index contributed by atoms with van der Waals surface area (Å²) >= 11 is 0. The van der Waals surface area contributed by atoms with Crippen LogP contribution in [0.15, 0.2) is 77.4 Å². The molecule has 1 N–H and O–H groups in total. The highest BCUT2D eigenvalue weighted by Crippen LogP contribution is 2.32. The Morgan fingerprint density at radius 2 is 1.92 bits per heavy atom. The molecule has 0 aliphatic heterocycles. The van der Waals surface area contributed by atoms with Crippen LogP contribution >= 0.6 is 0 Å². The minimum absolute atomic E-state index is 0.147. The van der Waals surface area contributed by atoms with E-state index in [9.17, 15) is 5.11 Å². The number of hydrogen-bond acceptors (Lipinski definition) is 6. The predicted molar refractivity (Wildman–Crippen MR) is 138 cm³/mol. The van der Waals surface area contributed by atoms with Crippen molar-refractivity contribution in [3.63, 3.8) is 0 Å². The fraction of sp³-hybridized carbons (Fsp3) is 0.276. The average Bonchev–Trinajstić information content (AvgIpc) is 3.48. The summed E-state index contributed by atoms with van der Waals surface area (Å²) in [5, 5.41) is 15.4. The third kappa shape index (κ3) is 6.64. The molecule has 0 saturated carbocycles. The topological polar surface area (TPSA) is 72.9 Å². The van der Waals surface area contributed by atoms with Crippen LogP contribution in [0.3, 0.4) is 0 Å². The standard InChI is InChI=1S/C29H31N3O4/c1-4-15-34-21-25(33)18-31(19-27-14-9-16-35-27)20-28-23(3)30-32(24-11-6-5-7-12-24)29(28)36-26-13-8-10-22(2)17-26/h1,5-14,16-17,25,33H,15,18-21H2,2-3H3/t25-/m0/s1. The van der Waals surface area contributed by atoms with E-state index in [4.69, 9.17) is 25.4 Å². The number of terminal acetylenes is 1. The first kappa shape index (κ1) is 25.3. The maximum absolute atomic E-state index is 10.6. The molecule has 0 unspecified atom stereocenters. The minimum Gasteiger partial charge on any atom is -0.468 e. The smallest absolute Gasteiger partial charge is 0.227 e. The van der Waals surface area contributed by atoms with E-state index in [1.54, 1.807) is 6.26 Å². The van der Waals surface area contributed by atoms with Crippen molar-refractivity contribution in [1.29, 1.82) is 0 Å². The van der Waals surface area contributed by atoms with Crippen molar-refractivity contribution in [3.05, 3.63) is 95.6 Å². The summed E-state index contributed by atoms with van der Waals surface area (Å²) in [5.74, 6) is 4.58. The van der Waals surface area contributed by atoms with Crippen LogP contribution in [0.25, 0.3) is 5.69 Å². The second-order valence-electron chi connectivity index (χ2n) is 8.66. The maximum Gasteiger partial charge on any atom is 0.227 e. The van der Waals surface area contributed by atoms with Gasteiger partial charge in [0.2, 0.25) is 5.88 Å². The molecule has 2 heterocycles. The van der Waals surface area contributed by atoms with Crippen molar-refractivity contribution in [1.82, 2.24) is 14.7 Å². The van der Waals surface area contributed by atoms with Gasteiger partial charge in [0, 0.05) is 13.1 Å². The lowest BCUT2D eigenvalue weighted by molar-refractivity contribution is 0.0228. The van der Waals surface area contributed by atoms with E-state index in [-0.39, 0.29) is 13.2 Å². The van der Waals surface area contributed by atoms with Crippen LogP contribution in [-0.4, -0.2) is 45.6 Å². The summed E-state index contributed by atoms with van der Waals surface area (Å²) in [6, 6.07) is 21.6. The van der Waals surface area contributed by atoms with Gasteiger partial charge in [-0.2, -0.15) is 5.10 Å². The number of furan rings is 1. The third-order valence-electron chi connectivity index (χ3n) is 5.65. The van der Waals surface area contributed by atoms with Gasteiger partial charge in [0.05, 0.1) is 42.5 Å². The van der Waals surface area contributed by atoms with Gasteiger partial charge >= 0.3 is 0 Å².